The minimum absolute atomic E-state index is 0.453. The summed E-state index contributed by atoms with van der Waals surface area (Å²) in [6, 6.07) is 7.61. The number of hydrogen-bond acceptors (Lipinski definition) is 2. The van der Waals surface area contributed by atoms with E-state index in [1.807, 2.05) is 44.2 Å². The summed E-state index contributed by atoms with van der Waals surface area (Å²) in [5.41, 5.74) is 3.09. The summed E-state index contributed by atoms with van der Waals surface area (Å²) >= 11 is 0. The highest BCUT2D eigenvalue weighted by atomic mass is 16.5. The number of rotatable bonds is 2. The van der Waals surface area contributed by atoms with E-state index < -0.39 is 6.09 Å². The Labute approximate surface area is 89.8 Å². The first-order chi connectivity index (χ1) is 7.17. The standard InChI is InChI=1S/C12H15NO2/c1-4-9(2)10-5-7-11(8-6-10)13-12(14)15-3/h4-8H,1-3H3,(H,13,14)/b9-4+. The molecule has 0 heterocycles. The monoisotopic (exact) mass is 205 g/mol. The van der Waals surface area contributed by atoms with Crippen molar-refractivity contribution in [2.45, 2.75) is 13.8 Å². The average molecular weight is 205 g/mol. The SMILES string of the molecule is C/C=C(\C)c1ccc(NC(=O)OC)cc1. The molecule has 0 aromatic heterocycles. The molecule has 0 saturated carbocycles. The van der Waals surface area contributed by atoms with Crippen molar-refractivity contribution < 1.29 is 9.53 Å². The van der Waals surface area contributed by atoms with Crippen LogP contribution < -0.4 is 5.32 Å². The molecule has 1 aromatic carbocycles. The van der Waals surface area contributed by atoms with Crippen LogP contribution in [0.1, 0.15) is 19.4 Å². The number of ether oxygens (including phenoxy) is 1. The Balaban J connectivity index is 2.77. The third kappa shape index (κ3) is 3.13. The van der Waals surface area contributed by atoms with Gasteiger partial charge in [0.2, 0.25) is 0 Å². The second kappa shape index (κ2) is 5.20. The second-order valence-electron chi connectivity index (χ2n) is 3.17. The van der Waals surface area contributed by atoms with Crippen LogP contribution in [0.3, 0.4) is 0 Å². The van der Waals surface area contributed by atoms with Gasteiger partial charge in [-0.05, 0) is 37.1 Å². The van der Waals surface area contributed by atoms with E-state index in [1.165, 1.54) is 12.7 Å². The van der Waals surface area contributed by atoms with Gasteiger partial charge in [0.1, 0.15) is 0 Å². The van der Waals surface area contributed by atoms with Crippen LogP contribution in [0, 0.1) is 0 Å². The Kier molecular flexibility index (Phi) is 3.92. The molecule has 1 rings (SSSR count). The number of hydrogen-bond donors (Lipinski definition) is 1. The van der Waals surface area contributed by atoms with Crippen molar-refractivity contribution in [3.05, 3.63) is 35.9 Å². The molecule has 1 aromatic rings. The van der Waals surface area contributed by atoms with Crippen molar-refractivity contribution in [3.63, 3.8) is 0 Å². The predicted octanol–water partition coefficient (Wildman–Crippen LogP) is 3.29. The molecular formula is C12H15NO2. The van der Waals surface area contributed by atoms with Crippen LogP contribution in [0.4, 0.5) is 10.5 Å². The minimum Gasteiger partial charge on any atom is -0.453 e. The van der Waals surface area contributed by atoms with Crippen molar-refractivity contribution in [2.75, 3.05) is 12.4 Å². The highest BCUT2D eigenvalue weighted by Crippen LogP contribution is 2.16. The van der Waals surface area contributed by atoms with Gasteiger partial charge in [0, 0.05) is 5.69 Å². The molecule has 0 fully saturated rings. The summed E-state index contributed by atoms with van der Waals surface area (Å²) in [7, 11) is 1.34. The van der Waals surface area contributed by atoms with Gasteiger partial charge in [-0.2, -0.15) is 0 Å². The van der Waals surface area contributed by atoms with Gasteiger partial charge in [-0.3, -0.25) is 5.32 Å². The summed E-state index contributed by atoms with van der Waals surface area (Å²) in [6.45, 7) is 4.04. The molecule has 0 saturated heterocycles. The van der Waals surface area contributed by atoms with Gasteiger partial charge < -0.3 is 4.74 Å². The van der Waals surface area contributed by atoms with E-state index in [2.05, 4.69) is 10.1 Å². The Bertz CT molecular complexity index is 366. The molecule has 0 atom stereocenters. The number of nitrogens with one attached hydrogen (secondary N) is 1. The fourth-order valence-corrected chi connectivity index (χ4v) is 1.15. The summed E-state index contributed by atoms with van der Waals surface area (Å²) in [5.74, 6) is 0. The Morgan fingerprint density at radius 3 is 2.40 bits per heavy atom. The van der Waals surface area contributed by atoms with E-state index in [0.29, 0.717) is 0 Å². The van der Waals surface area contributed by atoms with Crippen LogP contribution in [0.2, 0.25) is 0 Å². The van der Waals surface area contributed by atoms with E-state index in [9.17, 15) is 4.79 Å². The normalized spacial score (nSPS) is 11.0. The van der Waals surface area contributed by atoms with Gasteiger partial charge >= 0.3 is 6.09 Å². The molecule has 0 aliphatic rings. The van der Waals surface area contributed by atoms with Gasteiger partial charge in [-0.1, -0.05) is 18.2 Å². The quantitative estimate of drug-likeness (QED) is 0.804. The van der Waals surface area contributed by atoms with Crippen LogP contribution in [-0.4, -0.2) is 13.2 Å². The highest BCUT2D eigenvalue weighted by Gasteiger charge is 2.00. The summed E-state index contributed by atoms with van der Waals surface area (Å²) < 4.78 is 4.49. The third-order valence-electron chi connectivity index (χ3n) is 2.21. The van der Waals surface area contributed by atoms with Crippen molar-refractivity contribution in [1.82, 2.24) is 0 Å². The van der Waals surface area contributed by atoms with Crippen LogP contribution in [0.25, 0.3) is 5.57 Å². The molecule has 0 bridgehead atoms. The van der Waals surface area contributed by atoms with Gasteiger partial charge in [0.15, 0.2) is 0 Å². The maximum absolute atomic E-state index is 10.9. The van der Waals surface area contributed by atoms with E-state index in [1.54, 1.807) is 0 Å². The molecule has 15 heavy (non-hydrogen) atoms. The number of amides is 1. The lowest BCUT2D eigenvalue weighted by atomic mass is 10.1. The zero-order chi connectivity index (χ0) is 11.3. The summed E-state index contributed by atoms with van der Waals surface area (Å²) in [4.78, 5) is 10.9. The molecule has 1 N–H and O–H groups in total. The van der Waals surface area contributed by atoms with Crippen LogP contribution in [-0.2, 0) is 4.74 Å². The Morgan fingerprint density at radius 1 is 1.33 bits per heavy atom. The average Bonchev–Trinajstić information content (AvgIpc) is 2.29. The zero-order valence-corrected chi connectivity index (χ0v) is 9.20. The Morgan fingerprint density at radius 2 is 1.93 bits per heavy atom. The molecule has 0 radical (unpaired) electrons. The van der Waals surface area contributed by atoms with E-state index in [0.717, 1.165) is 11.3 Å². The summed E-state index contributed by atoms with van der Waals surface area (Å²) in [5, 5.41) is 2.60. The van der Waals surface area contributed by atoms with Crippen molar-refractivity contribution in [2.24, 2.45) is 0 Å². The minimum atomic E-state index is -0.453. The van der Waals surface area contributed by atoms with Gasteiger partial charge in [-0.25, -0.2) is 4.79 Å². The van der Waals surface area contributed by atoms with Crippen molar-refractivity contribution >= 4 is 17.4 Å². The lowest BCUT2D eigenvalue weighted by molar-refractivity contribution is 0.187. The lowest BCUT2D eigenvalue weighted by Gasteiger charge is -2.05. The van der Waals surface area contributed by atoms with Gasteiger partial charge in [0.05, 0.1) is 7.11 Å². The maximum Gasteiger partial charge on any atom is 0.411 e. The number of anilines is 1. The molecule has 3 nitrogen and oxygen atoms in total. The fourth-order valence-electron chi connectivity index (χ4n) is 1.15. The first kappa shape index (κ1) is 11.3. The number of methoxy groups -OCH3 is 1. The molecule has 0 aliphatic carbocycles. The molecule has 3 heteroatoms. The second-order valence-corrected chi connectivity index (χ2v) is 3.17. The Hall–Kier alpha value is -1.77. The van der Waals surface area contributed by atoms with Crippen LogP contribution in [0.5, 0.6) is 0 Å². The largest absolute Gasteiger partial charge is 0.453 e. The maximum atomic E-state index is 10.9. The lowest BCUT2D eigenvalue weighted by Crippen LogP contribution is -2.10. The van der Waals surface area contributed by atoms with Gasteiger partial charge in [-0.15, -0.1) is 0 Å². The number of carbonyl (C=O) groups is 1. The molecule has 0 aliphatic heterocycles. The van der Waals surface area contributed by atoms with E-state index in [4.69, 9.17) is 0 Å². The fraction of sp³-hybridized carbons (Fsp3) is 0.250. The number of carbonyl (C=O) groups excluding carboxylic acids is 1. The van der Waals surface area contributed by atoms with Crippen LogP contribution >= 0.6 is 0 Å². The van der Waals surface area contributed by atoms with E-state index in [-0.39, 0.29) is 0 Å². The first-order valence-electron chi connectivity index (χ1n) is 4.75. The zero-order valence-electron chi connectivity index (χ0n) is 9.20. The smallest absolute Gasteiger partial charge is 0.411 e. The first-order valence-corrected chi connectivity index (χ1v) is 4.75. The van der Waals surface area contributed by atoms with E-state index >= 15 is 0 Å². The third-order valence-corrected chi connectivity index (χ3v) is 2.21. The molecule has 0 unspecified atom stereocenters. The molecule has 80 valence electrons. The summed E-state index contributed by atoms with van der Waals surface area (Å²) in [6.07, 6.45) is 1.59. The van der Waals surface area contributed by atoms with Crippen LogP contribution in [0.15, 0.2) is 30.3 Å². The highest BCUT2D eigenvalue weighted by molar-refractivity contribution is 5.84. The van der Waals surface area contributed by atoms with Gasteiger partial charge in [0.25, 0.3) is 0 Å². The molecule has 1 amide bonds. The predicted molar refractivity (Wildman–Crippen MR) is 61.8 cm³/mol. The van der Waals surface area contributed by atoms with Crippen molar-refractivity contribution in [1.29, 1.82) is 0 Å². The molecule has 0 spiro atoms. The number of allylic oxidation sites excluding steroid dienone is 2. The van der Waals surface area contributed by atoms with Crippen molar-refractivity contribution in [3.8, 4) is 0 Å². The topological polar surface area (TPSA) is 38.3 Å². The molecular weight excluding hydrogens is 190 g/mol. The number of benzene rings is 1.